The van der Waals surface area contributed by atoms with E-state index < -0.39 is 23.4 Å². The summed E-state index contributed by atoms with van der Waals surface area (Å²) in [6, 6.07) is 0. The molecule has 0 radical (unpaired) electrons. The molecule has 0 heterocycles. The van der Waals surface area contributed by atoms with Crippen molar-refractivity contribution in [1.82, 2.24) is 0 Å². The van der Waals surface area contributed by atoms with Crippen molar-refractivity contribution in [3.63, 3.8) is 0 Å². The topological polar surface area (TPSA) is 112 Å². The van der Waals surface area contributed by atoms with Crippen LogP contribution in [0.3, 0.4) is 0 Å². The molecule has 0 atom stereocenters. The summed E-state index contributed by atoms with van der Waals surface area (Å²) in [7, 11) is 0. The molecule has 3 N–H and O–H groups in total. The maximum absolute atomic E-state index is 10.5. The molecule has 0 aromatic carbocycles. The van der Waals surface area contributed by atoms with Crippen LogP contribution in [0.25, 0.3) is 0 Å². The molecule has 0 bridgehead atoms. The van der Waals surface area contributed by atoms with Gasteiger partial charge in [0.15, 0.2) is 0 Å². The van der Waals surface area contributed by atoms with Gasteiger partial charge in [0.05, 0.1) is 0 Å². The molecule has 0 aromatic rings. The number of aliphatic carboxylic acids is 3. The molecule has 0 amide bonds. The fraction of sp³-hybridized carbons (Fsp3) is 0.667. The third-order valence-corrected chi connectivity index (χ3v) is 8.76. The predicted molar refractivity (Wildman–Crippen MR) is 64.0 cm³/mol. The molecule has 17 heavy (non-hydrogen) atoms. The average Bonchev–Trinajstić information content (AvgIpc) is 2.21. The van der Waals surface area contributed by atoms with Crippen molar-refractivity contribution in [2.75, 3.05) is 18.5 Å². The van der Waals surface area contributed by atoms with Gasteiger partial charge >= 0.3 is 106 Å². The van der Waals surface area contributed by atoms with Gasteiger partial charge < -0.3 is 0 Å². The first-order chi connectivity index (χ1) is 7.75. The van der Waals surface area contributed by atoms with Crippen molar-refractivity contribution < 1.29 is 29.7 Å². The van der Waals surface area contributed by atoms with E-state index in [1.165, 1.54) is 0 Å². The van der Waals surface area contributed by atoms with E-state index in [1.54, 1.807) is 0 Å². The first kappa shape index (κ1) is 16.4. The number of rotatable bonds is 9. The molecule has 0 aliphatic heterocycles. The minimum atomic E-state index is -1.90. The third-order valence-electron chi connectivity index (χ3n) is 2.20. The normalized spacial score (nSPS) is 11.1. The van der Waals surface area contributed by atoms with E-state index in [2.05, 4.69) is 15.1 Å². The predicted octanol–water partition coefficient (Wildman–Crippen LogP) is 0.512. The first-order valence-corrected chi connectivity index (χ1v) is 9.54. The van der Waals surface area contributed by atoms with Crippen LogP contribution in [0, 0.1) is 0 Å². The Hall–Kier alpha value is -0.641. The van der Waals surface area contributed by atoms with Gasteiger partial charge in [0.2, 0.25) is 0 Å². The van der Waals surface area contributed by atoms with Gasteiger partial charge in [0, 0.05) is 0 Å². The van der Waals surface area contributed by atoms with Crippen LogP contribution in [-0.2, 0) is 14.4 Å². The van der Waals surface area contributed by atoms with Crippen molar-refractivity contribution >= 4 is 38.5 Å². The summed E-state index contributed by atoms with van der Waals surface area (Å²) >= 11 is 2.88. The number of hydrogen-bond donors (Lipinski definition) is 3. The summed E-state index contributed by atoms with van der Waals surface area (Å²) < 4.78 is 0. The van der Waals surface area contributed by atoms with Crippen LogP contribution in [-0.4, -0.2) is 66.8 Å². The maximum atomic E-state index is 10.5. The Kier molecular flexibility index (Phi) is 7.35. The number of hydrogen-bond acceptors (Lipinski definition) is 3. The van der Waals surface area contributed by atoms with Crippen LogP contribution in [0.5, 0.6) is 0 Å². The van der Waals surface area contributed by atoms with Crippen molar-refractivity contribution in [2.24, 2.45) is 0 Å². The van der Waals surface area contributed by atoms with Crippen LogP contribution < -0.4 is 0 Å². The van der Waals surface area contributed by atoms with Gasteiger partial charge in [0.25, 0.3) is 0 Å². The zero-order valence-corrected chi connectivity index (χ0v) is 11.8. The standard InChI is InChI=1S/C9H15O6PSe/c10-7(11)1-4-16(17,5-2-8(12)13)6-3-9(14)15/h1-6H2,(H,10,11)(H,12,13)(H,14,15). The summed E-state index contributed by atoms with van der Waals surface area (Å²) in [5.41, 5.74) is -1.90. The van der Waals surface area contributed by atoms with E-state index in [4.69, 9.17) is 15.3 Å². The number of carboxylic acids is 3. The summed E-state index contributed by atoms with van der Waals surface area (Å²) in [5, 5.41) is 25.8. The van der Waals surface area contributed by atoms with Crippen LogP contribution in [0.2, 0.25) is 0 Å². The Balaban J connectivity index is 4.44. The first-order valence-electron chi connectivity index (χ1n) is 4.98. The second kappa shape index (κ2) is 7.64. The van der Waals surface area contributed by atoms with Crippen LogP contribution in [0.4, 0.5) is 0 Å². The molecule has 0 spiro atoms. The van der Waals surface area contributed by atoms with Crippen molar-refractivity contribution in [3.05, 3.63) is 0 Å². The van der Waals surface area contributed by atoms with Crippen molar-refractivity contribution in [3.8, 4) is 0 Å². The molecule has 6 nitrogen and oxygen atoms in total. The molecule has 0 rings (SSSR count). The van der Waals surface area contributed by atoms with Crippen molar-refractivity contribution in [1.29, 1.82) is 0 Å². The second-order valence-electron chi connectivity index (χ2n) is 3.66. The zero-order valence-electron chi connectivity index (χ0n) is 9.16. The molecule has 8 heteroatoms. The average molecular weight is 329 g/mol. The van der Waals surface area contributed by atoms with Gasteiger partial charge in [-0.2, -0.15) is 0 Å². The fourth-order valence-corrected chi connectivity index (χ4v) is 5.42. The van der Waals surface area contributed by atoms with E-state index >= 15 is 0 Å². The van der Waals surface area contributed by atoms with Crippen LogP contribution in [0.15, 0.2) is 0 Å². The summed E-state index contributed by atoms with van der Waals surface area (Å²) in [4.78, 5) is 31.5. The fourth-order valence-electron chi connectivity index (χ4n) is 1.23. The summed E-state index contributed by atoms with van der Waals surface area (Å²) in [5.74, 6) is -2.85. The van der Waals surface area contributed by atoms with E-state index in [1.807, 2.05) is 0 Å². The van der Waals surface area contributed by atoms with E-state index in [0.717, 1.165) is 0 Å². The van der Waals surface area contributed by atoms with Gasteiger partial charge in [-0.1, -0.05) is 0 Å². The van der Waals surface area contributed by atoms with Gasteiger partial charge in [0.1, 0.15) is 0 Å². The number of carboxylic acid groups (broad SMARTS) is 3. The molecule has 0 saturated heterocycles. The van der Waals surface area contributed by atoms with Gasteiger partial charge in [-0.3, -0.25) is 0 Å². The molecule has 0 aliphatic rings. The van der Waals surface area contributed by atoms with Gasteiger partial charge in [-0.05, 0) is 0 Å². The van der Waals surface area contributed by atoms with Gasteiger partial charge in [-0.25, -0.2) is 0 Å². The summed E-state index contributed by atoms with van der Waals surface area (Å²) in [6.07, 6.45) is 0.884. The SMILES string of the molecule is O=C(O)CCP(=[Se])(CCC(=O)O)CCC(=O)O. The molecule has 0 saturated carbocycles. The Morgan fingerprint density at radius 2 is 1.00 bits per heavy atom. The van der Waals surface area contributed by atoms with Crippen LogP contribution in [0.1, 0.15) is 19.3 Å². The van der Waals surface area contributed by atoms with E-state index in [0.29, 0.717) is 18.5 Å². The van der Waals surface area contributed by atoms with E-state index in [9.17, 15) is 14.4 Å². The monoisotopic (exact) mass is 330 g/mol. The summed E-state index contributed by atoms with van der Waals surface area (Å²) in [6.45, 7) is 0. The molecular formula is C9H15O6PSe. The second-order valence-corrected chi connectivity index (χ2v) is 12.0. The van der Waals surface area contributed by atoms with Crippen LogP contribution >= 0.6 is 5.51 Å². The van der Waals surface area contributed by atoms with Crippen molar-refractivity contribution in [2.45, 2.75) is 19.3 Å². The van der Waals surface area contributed by atoms with E-state index in [-0.39, 0.29) is 19.3 Å². The number of carbonyl (C=O) groups is 3. The molecule has 0 fully saturated rings. The molecular weight excluding hydrogens is 314 g/mol. The molecule has 0 aliphatic carbocycles. The third kappa shape index (κ3) is 9.10. The molecule has 0 unspecified atom stereocenters. The Bertz CT molecular complexity index is 301. The minimum absolute atomic E-state index is 0.0555. The Labute approximate surface area is 106 Å². The molecule has 0 aromatic heterocycles. The Morgan fingerprint density at radius 3 is 1.18 bits per heavy atom. The quantitative estimate of drug-likeness (QED) is 0.420. The molecule has 98 valence electrons. The Morgan fingerprint density at radius 1 is 0.765 bits per heavy atom. The zero-order chi connectivity index (χ0) is 13.5. The van der Waals surface area contributed by atoms with Gasteiger partial charge in [-0.15, -0.1) is 0 Å².